The summed E-state index contributed by atoms with van der Waals surface area (Å²) in [5, 5.41) is 10.4. The molecule has 1 aliphatic rings. The molecule has 1 aliphatic carbocycles. The van der Waals surface area contributed by atoms with Crippen LogP contribution in [0.3, 0.4) is 0 Å². The molecular formula is C17H19NO3. The van der Waals surface area contributed by atoms with Crippen molar-refractivity contribution in [2.24, 2.45) is 0 Å². The number of aryl methyl sites for hydroxylation is 2. The van der Waals surface area contributed by atoms with E-state index in [9.17, 15) is 9.90 Å². The van der Waals surface area contributed by atoms with E-state index in [2.05, 4.69) is 11.9 Å². The van der Waals surface area contributed by atoms with E-state index in [-0.39, 0.29) is 6.10 Å². The molecule has 1 aromatic carbocycles. The molecule has 4 nitrogen and oxygen atoms in total. The van der Waals surface area contributed by atoms with Gasteiger partial charge in [0.1, 0.15) is 0 Å². The summed E-state index contributed by atoms with van der Waals surface area (Å²) in [6, 6.07) is 5.92. The average molecular weight is 285 g/mol. The highest BCUT2D eigenvalue weighted by molar-refractivity contribution is 6.04. The molecule has 0 saturated heterocycles. The van der Waals surface area contributed by atoms with Crippen molar-refractivity contribution in [3.8, 4) is 0 Å². The molecule has 4 heteroatoms. The van der Waals surface area contributed by atoms with Gasteiger partial charge in [0.25, 0.3) is 0 Å². The summed E-state index contributed by atoms with van der Waals surface area (Å²) in [5.74, 6) is -0.872. The zero-order valence-corrected chi connectivity index (χ0v) is 12.3. The number of benzene rings is 1. The molecule has 1 unspecified atom stereocenters. The van der Waals surface area contributed by atoms with Crippen LogP contribution < -0.4 is 0 Å². The Kier molecular flexibility index (Phi) is 3.64. The van der Waals surface area contributed by atoms with E-state index in [0.717, 1.165) is 47.0 Å². The molecule has 1 aromatic heterocycles. The van der Waals surface area contributed by atoms with Crippen molar-refractivity contribution in [1.82, 2.24) is 4.98 Å². The lowest BCUT2D eigenvalue weighted by molar-refractivity contribution is 0.0690. The van der Waals surface area contributed by atoms with E-state index in [0.29, 0.717) is 12.0 Å². The Balaban J connectivity index is 2.28. The van der Waals surface area contributed by atoms with E-state index in [1.165, 1.54) is 0 Å². The molecule has 110 valence electrons. The van der Waals surface area contributed by atoms with Crippen LogP contribution in [-0.2, 0) is 24.0 Å². The molecule has 1 N–H and O–H groups in total. The number of fused-ring (bicyclic) bond motifs is 2. The molecule has 2 aromatic rings. The Morgan fingerprint density at radius 3 is 2.95 bits per heavy atom. The van der Waals surface area contributed by atoms with E-state index >= 15 is 0 Å². The topological polar surface area (TPSA) is 59.4 Å². The normalized spacial score (nSPS) is 17.7. The lowest BCUT2D eigenvalue weighted by Gasteiger charge is -2.25. The summed E-state index contributed by atoms with van der Waals surface area (Å²) >= 11 is 0. The van der Waals surface area contributed by atoms with Crippen molar-refractivity contribution in [3.05, 3.63) is 40.6 Å². The van der Waals surface area contributed by atoms with Crippen LogP contribution in [0.25, 0.3) is 10.9 Å². The van der Waals surface area contributed by atoms with Crippen LogP contribution in [0.5, 0.6) is 0 Å². The van der Waals surface area contributed by atoms with E-state index in [4.69, 9.17) is 4.74 Å². The number of rotatable bonds is 3. The number of hydrogen-bond acceptors (Lipinski definition) is 3. The van der Waals surface area contributed by atoms with Crippen LogP contribution >= 0.6 is 0 Å². The summed E-state index contributed by atoms with van der Waals surface area (Å²) in [5.41, 5.74) is 4.08. The highest BCUT2D eigenvalue weighted by Crippen LogP contribution is 2.30. The zero-order chi connectivity index (χ0) is 15.0. The number of aromatic nitrogens is 1. The number of carboxylic acids is 1. The number of methoxy groups -OCH3 is 1. The minimum absolute atomic E-state index is 0.0872. The lowest BCUT2D eigenvalue weighted by Crippen LogP contribution is -2.24. The number of carbonyl (C=O) groups is 1. The molecule has 0 aliphatic heterocycles. The molecule has 21 heavy (non-hydrogen) atoms. The van der Waals surface area contributed by atoms with Crippen molar-refractivity contribution in [2.45, 2.75) is 38.7 Å². The van der Waals surface area contributed by atoms with E-state index in [1.54, 1.807) is 7.11 Å². The minimum Gasteiger partial charge on any atom is -0.478 e. The average Bonchev–Trinajstić information content (AvgIpc) is 2.51. The summed E-state index contributed by atoms with van der Waals surface area (Å²) in [4.78, 5) is 16.5. The quantitative estimate of drug-likeness (QED) is 0.941. The first-order valence-electron chi connectivity index (χ1n) is 7.34. The van der Waals surface area contributed by atoms with Crippen molar-refractivity contribution in [2.75, 3.05) is 7.11 Å². The van der Waals surface area contributed by atoms with Gasteiger partial charge in [-0.25, -0.2) is 4.79 Å². The Hall–Kier alpha value is -1.94. The number of hydrogen-bond donors (Lipinski definition) is 1. The van der Waals surface area contributed by atoms with Crippen molar-refractivity contribution >= 4 is 16.9 Å². The lowest BCUT2D eigenvalue weighted by atomic mass is 9.87. The third kappa shape index (κ3) is 2.40. The molecule has 3 rings (SSSR count). The summed E-state index contributed by atoms with van der Waals surface area (Å²) in [6.07, 6.45) is 3.27. The van der Waals surface area contributed by atoms with Crippen LogP contribution in [0.2, 0.25) is 0 Å². The molecular weight excluding hydrogens is 266 g/mol. The van der Waals surface area contributed by atoms with Crippen molar-refractivity contribution in [1.29, 1.82) is 0 Å². The van der Waals surface area contributed by atoms with E-state index in [1.807, 2.05) is 18.2 Å². The standard InChI is InChI=1S/C17H19NO3/c1-3-10-4-6-14-12(8-10)16(17(19)20)13-9-11(21-2)5-7-15(13)18-14/h4,6,8,11H,3,5,7,9H2,1-2H3,(H,19,20). The summed E-state index contributed by atoms with van der Waals surface area (Å²) < 4.78 is 5.42. The van der Waals surface area contributed by atoms with Crippen LogP contribution in [0.1, 0.15) is 40.5 Å². The third-order valence-electron chi connectivity index (χ3n) is 4.33. The smallest absolute Gasteiger partial charge is 0.336 e. The molecule has 1 heterocycles. The van der Waals surface area contributed by atoms with Crippen LogP contribution in [0.15, 0.2) is 18.2 Å². The van der Waals surface area contributed by atoms with Gasteiger partial charge in [0, 0.05) is 24.6 Å². The fraction of sp³-hybridized carbons (Fsp3) is 0.412. The Morgan fingerprint density at radius 2 is 2.29 bits per heavy atom. The Bertz CT molecular complexity index is 709. The van der Waals surface area contributed by atoms with Gasteiger partial charge in [0.15, 0.2) is 0 Å². The SMILES string of the molecule is CCc1ccc2nc3c(c(C(=O)O)c2c1)CC(OC)CC3. The number of carboxylic acid groups (broad SMARTS) is 1. The van der Waals surface area contributed by atoms with Gasteiger partial charge in [-0.3, -0.25) is 4.98 Å². The minimum atomic E-state index is -0.872. The predicted molar refractivity (Wildman–Crippen MR) is 80.9 cm³/mol. The van der Waals surface area contributed by atoms with Gasteiger partial charge in [0.2, 0.25) is 0 Å². The molecule has 0 amide bonds. The number of pyridine rings is 1. The summed E-state index contributed by atoms with van der Waals surface area (Å²) in [6.45, 7) is 2.06. The molecule has 0 saturated carbocycles. The monoisotopic (exact) mass is 285 g/mol. The van der Waals surface area contributed by atoms with Gasteiger partial charge in [0.05, 0.1) is 17.2 Å². The van der Waals surface area contributed by atoms with Gasteiger partial charge in [-0.15, -0.1) is 0 Å². The first kappa shape index (κ1) is 14.0. The molecule has 0 bridgehead atoms. The van der Waals surface area contributed by atoms with Gasteiger partial charge < -0.3 is 9.84 Å². The van der Waals surface area contributed by atoms with Crippen LogP contribution in [-0.4, -0.2) is 29.3 Å². The van der Waals surface area contributed by atoms with Crippen molar-refractivity contribution < 1.29 is 14.6 Å². The fourth-order valence-corrected chi connectivity index (χ4v) is 3.12. The number of nitrogens with zero attached hydrogens (tertiary/aromatic N) is 1. The highest BCUT2D eigenvalue weighted by Gasteiger charge is 2.26. The summed E-state index contributed by atoms with van der Waals surface area (Å²) in [7, 11) is 1.68. The molecule has 0 spiro atoms. The maximum Gasteiger partial charge on any atom is 0.336 e. The Morgan fingerprint density at radius 1 is 1.48 bits per heavy atom. The third-order valence-corrected chi connectivity index (χ3v) is 4.33. The highest BCUT2D eigenvalue weighted by atomic mass is 16.5. The Labute approximate surface area is 123 Å². The molecule has 0 fully saturated rings. The maximum atomic E-state index is 11.8. The maximum absolute atomic E-state index is 11.8. The second-order valence-corrected chi connectivity index (χ2v) is 5.52. The second kappa shape index (κ2) is 5.45. The van der Waals surface area contributed by atoms with Gasteiger partial charge in [-0.1, -0.05) is 13.0 Å². The van der Waals surface area contributed by atoms with Crippen LogP contribution in [0.4, 0.5) is 0 Å². The first-order chi connectivity index (χ1) is 10.1. The first-order valence-corrected chi connectivity index (χ1v) is 7.34. The van der Waals surface area contributed by atoms with Gasteiger partial charge >= 0.3 is 5.97 Å². The van der Waals surface area contributed by atoms with Gasteiger partial charge in [-0.05, 0) is 42.5 Å². The number of aromatic carboxylic acids is 1. The largest absolute Gasteiger partial charge is 0.478 e. The molecule has 1 atom stereocenters. The number of ether oxygens (including phenoxy) is 1. The predicted octanol–water partition coefficient (Wildman–Crippen LogP) is 3.00. The van der Waals surface area contributed by atoms with Crippen molar-refractivity contribution in [3.63, 3.8) is 0 Å². The van der Waals surface area contributed by atoms with E-state index < -0.39 is 5.97 Å². The molecule has 0 radical (unpaired) electrons. The van der Waals surface area contributed by atoms with Crippen LogP contribution in [0, 0.1) is 0 Å². The fourth-order valence-electron chi connectivity index (χ4n) is 3.12. The zero-order valence-electron chi connectivity index (χ0n) is 12.3. The second-order valence-electron chi connectivity index (χ2n) is 5.52. The van der Waals surface area contributed by atoms with Gasteiger partial charge in [-0.2, -0.15) is 0 Å².